The van der Waals surface area contributed by atoms with E-state index in [2.05, 4.69) is 0 Å². The summed E-state index contributed by atoms with van der Waals surface area (Å²) in [6.07, 6.45) is 0.502. The average Bonchev–Trinajstić information content (AvgIpc) is 1.65. The molecule has 0 spiro atoms. The van der Waals surface area contributed by atoms with Gasteiger partial charge in [-0.2, -0.15) is 0 Å². The van der Waals surface area contributed by atoms with Crippen molar-refractivity contribution in [1.29, 1.82) is 0 Å². The zero-order valence-corrected chi connectivity index (χ0v) is 4.31. The maximum Gasteiger partial charge on any atom is 0.132 e. The van der Waals surface area contributed by atoms with E-state index in [0.717, 1.165) is 0 Å². The summed E-state index contributed by atoms with van der Waals surface area (Å²) in [4.78, 5) is 0. The number of aliphatic hydroxyl groups excluding tert-OH is 1. The molecule has 3 heteroatoms. The average molecular weight is 102 g/mol. The van der Waals surface area contributed by atoms with Crippen LogP contribution in [-0.2, 0) is 0 Å². The predicted octanol–water partition coefficient (Wildman–Crippen LogP) is 0.0409. The van der Waals surface area contributed by atoms with Gasteiger partial charge in [0.2, 0.25) is 0 Å². The van der Waals surface area contributed by atoms with Crippen LogP contribution in [0.25, 0.3) is 0 Å². The smallest absolute Gasteiger partial charge is 0.132 e. The van der Waals surface area contributed by atoms with Gasteiger partial charge in [-0.1, -0.05) is 6.92 Å². The van der Waals surface area contributed by atoms with E-state index in [-0.39, 0.29) is 11.6 Å². The van der Waals surface area contributed by atoms with Crippen LogP contribution in [0.3, 0.4) is 0 Å². The van der Waals surface area contributed by atoms with Gasteiger partial charge in [-0.05, 0) is 0 Å². The Labute approximate surface area is 42.6 Å². The second-order valence-electron chi connectivity index (χ2n) is 1.26. The summed E-state index contributed by atoms with van der Waals surface area (Å²) in [7, 11) is 0. The van der Waals surface area contributed by atoms with Gasteiger partial charge in [-0.3, -0.25) is 0 Å². The molecule has 7 heavy (non-hydrogen) atoms. The Morgan fingerprint density at radius 1 is 1.57 bits per heavy atom. The molecule has 0 bridgehead atoms. The molecule has 5 N–H and O–H groups in total. The number of nitrogens with two attached hydrogens (primary N) is 2. The molecule has 0 heterocycles. The van der Waals surface area contributed by atoms with E-state index >= 15 is 0 Å². The van der Waals surface area contributed by atoms with Crippen LogP contribution >= 0.6 is 0 Å². The maximum absolute atomic E-state index is 8.56. The van der Waals surface area contributed by atoms with Crippen molar-refractivity contribution in [3.05, 3.63) is 11.6 Å². The third-order valence-corrected chi connectivity index (χ3v) is 0.668. The van der Waals surface area contributed by atoms with Gasteiger partial charge in [-0.15, -0.1) is 0 Å². The zero-order valence-electron chi connectivity index (χ0n) is 4.31. The highest BCUT2D eigenvalue weighted by molar-refractivity contribution is 4.96. The van der Waals surface area contributed by atoms with Crippen LogP contribution in [0.2, 0.25) is 0 Å². The zero-order chi connectivity index (χ0) is 5.86. The molecule has 0 saturated carbocycles. The first-order valence-electron chi connectivity index (χ1n) is 2.11. The summed E-state index contributed by atoms with van der Waals surface area (Å²) in [5, 5.41) is 8.56. The van der Waals surface area contributed by atoms with Gasteiger partial charge in [0, 0.05) is 6.42 Å². The Balaban J connectivity index is 3.72. The van der Waals surface area contributed by atoms with Gasteiger partial charge in [0.05, 0.1) is 0 Å². The highest BCUT2D eigenvalue weighted by Crippen LogP contribution is 1.91. The molecule has 0 fully saturated rings. The molecule has 0 amide bonds. The molecule has 42 valence electrons. The molecule has 0 unspecified atom stereocenters. The molecule has 3 nitrogen and oxygen atoms in total. The highest BCUT2D eigenvalue weighted by atomic mass is 16.3. The lowest BCUT2D eigenvalue weighted by Crippen LogP contribution is -2.11. The van der Waals surface area contributed by atoms with Crippen molar-refractivity contribution in [3.8, 4) is 0 Å². The minimum atomic E-state index is 0.0162. The second-order valence-corrected chi connectivity index (χ2v) is 1.26. The van der Waals surface area contributed by atoms with Gasteiger partial charge in [0.25, 0.3) is 0 Å². The Hall–Kier alpha value is -0.860. The van der Waals surface area contributed by atoms with Crippen LogP contribution in [0.5, 0.6) is 0 Å². The molecule has 0 aliphatic rings. The Morgan fingerprint density at radius 2 is 2.00 bits per heavy atom. The van der Waals surface area contributed by atoms with E-state index in [1.54, 1.807) is 6.92 Å². The third kappa shape index (κ3) is 1.92. The van der Waals surface area contributed by atoms with Crippen molar-refractivity contribution in [3.63, 3.8) is 0 Å². The predicted molar refractivity (Wildman–Crippen MR) is 28.3 cm³/mol. The minimum Gasteiger partial charge on any atom is -0.509 e. The summed E-state index contributed by atoms with van der Waals surface area (Å²) < 4.78 is 0. The summed E-state index contributed by atoms with van der Waals surface area (Å²) in [6.45, 7) is 1.77. The fourth-order valence-corrected chi connectivity index (χ4v) is 0.204. The number of aliphatic hydroxyl groups is 1. The molecule has 0 aliphatic carbocycles. The summed E-state index contributed by atoms with van der Waals surface area (Å²) in [5.41, 5.74) is 9.91. The standard InChI is InChI=1S/C4H10N2O/c1-2-3(7)4(5)6/h7H,2,5-6H2,1H3. The number of allylic oxidation sites excluding steroid dienone is 1. The van der Waals surface area contributed by atoms with Crippen LogP contribution in [-0.4, -0.2) is 5.11 Å². The van der Waals surface area contributed by atoms with Crippen LogP contribution in [0, 0.1) is 0 Å². The highest BCUT2D eigenvalue weighted by Gasteiger charge is 1.88. The largest absolute Gasteiger partial charge is 0.509 e. The maximum atomic E-state index is 8.56. The molecule has 0 atom stereocenters. The van der Waals surface area contributed by atoms with Gasteiger partial charge < -0.3 is 16.6 Å². The molecular formula is C4H10N2O. The molecular weight excluding hydrogens is 92.1 g/mol. The number of hydrogen-bond acceptors (Lipinski definition) is 3. The summed E-state index contributed by atoms with van der Waals surface area (Å²) in [5.74, 6) is 0.0856. The van der Waals surface area contributed by atoms with E-state index in [0.29, 0.717) is 6.42 Å². The number of rotatable bonds is 1. The van der Waals surface area contributed by atoms with Crippen LogP contribution in [0.4, 0.5) is 0 Å². The summed E-state index contributed by atoms with van der Waals surface area (Å²) in [6, 6.07) is 0. The Morgan fingerprint density at radius 3 is 2.00 bits per heavy atom. The fraction of sp³-hybridized carbons (Fsp3) is 0.500. The van der Waals surface area contributed by atoms with Gasteiger partial charge >= 0.3 is 0 Å². The van der Waals surface area contributed by atoms with Crippen molar-refractivity contribution in [2.75, 3.05) is 0 Å². The topological polar surface area (TPSA) is 72.3 Å². The van der Waals surface area contributed by atoms with Gasteiger partial charge in [0.15, 0.2) is 0 Å². The van der Waals surface area contributed by atoms with Crippen molar-refractivity contribution >= 4 is 0 Å². The van der Waals surface area contributed by atoms with Gasteiger partial charge in [-0.25, -0.2) is 0 Å². The van der Waals surface area contributed by atoms with E-state index < -0.39 is 0 Å². The lowest BCUT2D eigenvalue weighted by molar-refractivity contribution is 0.385. The van der Waals surface area contributed by atoms with Crippen LogP contribution < -0.4 is 11.5 Å². The van der Waals surface area contributed by atoms with Crippen molar-refractivity contribution in [1.82, 2.24) is 0 Å². The van der Waals surface area contributed by atoms with E-state index in [1.807, 2.05) is 0 Å². The SMILES string of the molecule is CCC(O)=C(N)N. The molecule has 0 radical (unpaired) electrons. The second kappa shape index (κ2) is 2.34. The first-order valence-corrected chi connectivity index (χ1v) is 2.11. The summed E-state index contributed by atoms with van der Waals surface area (Å²) >= 11 is 0. The molecule has 0 aromatic heterocycles. The lowest BCUT2D eigenvalue weighted by atomic mass is 10.4. The normalized spacial score (nSPS) is 8.14. The third-order valence-electron chi connectivity index (χ3n) is 0.668. The quantitative estimate of drug-likeness (QED) is 0.409. The first kappa shape index (κ1) is 6.14. The van der Waals surface area contributed by atoms with Gasteiger partial charge in [0.1, 0.15) is 11.6 Å². The molecule has 0 saturated heterocycles. The Bertz CT molecular complexity index is 83.7. The monoisotopic (exact) mass is 102 g/mol. The lowest BCUT2D eigenvalue weighted by Gasteiger charge is -1.93. The minimum absolute atomic E-state index is 0.0162. The van der Waals surface area contributed by atoms with E-state index in [9.17, 15) is 0 Å². The van der Waals surface area contributed by atoms with E-state index in [1.165, 1.54) is 0 Å². The van der Waals surface area contributed by atoms with Crippen molar-refractivity contribution in [2.45, 2.75) is 13.3 Å². The first-order chi connectivity index (χ1) is 3.18. The molecule has 0 aliphatic heterocycles. The fourth-order valence-electron chi connectivity index (χ4n) is 0.204. The van der Waals surface area contributed by atoms with Crippen molar-refractivity contribution in [2.24, 2.45) is 11.5 Å². The van der Waals surface area contributed by atoms with Crippen LogP contribution in [0.15, 0.2) is 11.6 Å². The number of hydrogen-bond donors (Lipinski definition) is 3. The molecule has 0 rings (SSSR count). The molecule has 0 aromatic carbocycles. The van der Waals surface area contributed by atoms with E-state index in [4.69, 9.17) is 16.6 Å². The molecule has 0 aromatic rings. The Kier molecular flexibility index (Phi) is 2.05. The van der Waals surface area contributed by atoms with Crippen molar-refractivity contribution < 1.29 is 5.11 Å². The van der Waals surface area contributed by atoms with Crippen LogP contribution in [0.1, 0.15) is 13.3 Å².